The highest BCUT2D eigenvalue weighted by Gasteiger charge is 2.23. The average Bonchev–Trinajstić information content (AvgIpc) is 3.38. The average molecular weight is 487 g/mol. The molecule has 3 aromatic heterocycles. The Labute approximate surface area is 195 Å². The molecule has 0 aliphatic heterocycles. The second-order valence-electron chi connectivity index (χ2n) is 7.67. The predicted octanol–water partition coefficient (Wildman–Crippen LogP) is 4.93. The number of aromatic nitrogens is 4. The van der Waals surface area contributed by atoms with Gasteiger partial charge in [-0.3, -0.25) is 4.79 Å². The van der Waals surface area contributed by atoms with E-state index in [4.69, 9.17) is 10.7 Å². The van der Waals surface area contributed by atoms with Crippen LogP contribution >= 0.6 is 34.4 Å². The number of hydrogen-bond acceptors (Lipinski definition) is 9. The zero-order valence-corrected chi connectivity index (χ0v) is 19.5. The van der Waals surface area contributed by atoms with Crippen molar-refractivity contribution in [1.82, 2.24) is 20.2 Å². The summed E-state index contributed by atoms with van der Waals surface area (Å²) in [7, 11) is 0. The first-order valence-corrected chi connectivity index (χ1v) is 12.7. The van der Waals surface area contributed by atoms with Gasteiger partial charge in [-0.1, -0.05) is 30.0 Å². The molecule has 4 aromatic rings. The van der Waals surface area contributed by atoms with Gasteiger partial charge >= 0.3 is 0 Å². The summed E-state index contributed by atoms with van der Waals surface area (Å²) in [5.74, 6) is 0.947. The summed E-state index contributed by atoms with van der Waals surface area (Å²) in [6.07, 6.45) is 3.28. The highest BCUT2D eigenvalue weighted by molar-refractivity contribution is 7.98. The van der Waals surface area contributed by atoms with Gasteiger partial charge in [-0.15, -0.1) is 21.5 Å². The molecule has 11 heteroatoms. The molecule has 0 bridgehead atoms. The molecule has 5 rings (SSSR count). The molecule has 0 fully saturated rings. The lowest BCUT2D eigenvalue weighted by Crippen LogP contribution is -2.11. The standard InChI is InChI=1S/C21H19FN6OS3/c1-10-2-7-13-14(8-10)31-19-16(13)17(23)25-21(26-19)30-9-15-27-28-20(32-15)18(29)24-12-5-3-11(22)4-6-12/h3-6,10H,2,7-9H2,1H3,(H,24,29)(H2,23,25,26). The van der Waals surface area contributed by atoms with Crippen LogP contribution in [0.2, 0.25) is 0 Å². The first-order valence-electron chi connectivity index (χ1n) is 10.1. The van der Waals surface area contributed by atoms with Crippen LogP contribution in [0.3, 0.4) is 0 Å². The van der Waals surface area contributed by atoms with Gasteiger partial charge in [-0.2, -0.15) is 0 Å². The largest absolute Gasteiger partial charge is 0.383 e. The number of rotatable bonds is 5. The van der Waals surface area contributed by atoms with Crippen LogP contribution in [0.15, 0.2) is 29.4 Å². The van der Waals surface area contributed by atoms with Crippen LogP contribution in [0.25, 0.3) is 10.2 Å². The molecule has 1 aliphatic rings. The first kappa shape index (κ1) is 21.2. The predicted molar refractivity (Wildman–Crippen MR) is 127 cm³/mol. The Morgan fingerprint density at radius 2 is 2.06 bits per heavy atom. The van der Waals surface area contributed by atoms with Crippen molar-refractivity contribution in [3.05, 3.63) is 50.5 Å². The summed E-state index contributed by atoms with van der Waals surface area (Å²) in [5.41, 5.74) is 8.11. The number of nitrogens with two attached hydrogens (primary N) is 1. The minimum absolute atomic E-state index is 0.237. The minimum atomic E-state index is -0.384. The van der Waals surface area contributed by atoms with E-state index >= 15 is 0 Å². The third kappa shape index (κ3) is 4.32. The summed E-state index contributed by atoms with van der Waals surface area (Å²) in [5, 5.41) is 13.3. The van der Waals surface area contributed by atoms with E-state index in [2.05, 4.69) is 27.4 Å². The third-order valence-electron chi connectivity index (χ3n) is 5.25. The second-order valence-corrected chi connectivity index (χ2v) is 10.8. The summed E-state index contributed by atoms with van der Waals surface area (Å²) >= 11 is 4.34. The Balaban J connectivity index is 1.27. The number of benzene rings is 1. The van der Waals surface area contributed by atoms with E-state index in [1.54, 1.807) is 11.3 Å². The van der Waals surface area contributed by atoms with Crippen molar-refractivity contribution in [2.24, 2.45) is 5.92 Å². The van der Waals surface area contributed by atoms with Gasteiger partial charge in [-0.25, -0.2) is 14.4 Å². The maximum Gasteiger partial charge on any atom is 0.286 e. The number of hydrogen-bond donors (Lipinski definition) is 2. The van der Waals surface area contributed by atoms with Gasteiger partial charge in [0.1, 0.15) is 21.5 Å². The molecule has 0 spiro atoms. The van der Waals surface area contributed by atoms with E-state index in [1.165, 1.54) is 64.2 Å². The van der Waals surface area contributed by atoms with E-state index in [0.717, 1.165) is 23.1 Å². The van der Waals surface area contributed by atoms with Crippen molar-refractivity contribution in [3.8, 4) is 0 Å². The minimum Gasteiger partial charge on any atom is -0.383 e. The summed E-state index contributed by atoms with van der Waals surface area (Å²) in [4.78, 5) is 23.9. The number of nitrogen functional groups attached to an aromatic ring is 1. The van der Waals surface area contributed by atoms with Gasteiger partial charge in [0.2, 0.25) is 5.01 Å². The highest BCUT2D eigenvalue weighted by atomic mass is 32.2. The fourth-order valence-electron chi connectivity index (χ4n) is 3.66. The maximum absolute atomic E-state index is 13.0. The number of anilines is 2. The molecule has 32 heavy (non-hydrogen) atoms. The molecule has 1 atom stereocenters. The van der Waals surface area contributed by atoms with Gasteiger partial charge in [-0.05, 0) is 55.0 Å². The Morgan fingerprint density at radius 1 is 1.25 bits per heavy atom. The zero-order valence-electron chi connectivity index (χ0n) is 17.1. The van der Waals surface area contributed by atoms with Crippen LogP contribution in [0.5, 0.6) is 0 Å². The lowest BCUT2D eigenvalue weighted by molar-refractivity contribution is 0.102. The number of nitrogens with one attached hydrogen (secondary N) is 1. The molecular formula is C21H19FN6OS3. The number of thioether (sulfide) groups is 1. The van der Waals surface area contributed by atoms with E-state index in [-0.39, 0.29) is 16.7 Å². The molecule has 0 saturated carbocycles. The van der Waals surface area contributed by atoms with Crippen molar-refractivity contribution in [3.63, 3.8) is 0 Å². The smallest absolute Gasteiger partial charge is 0.286 e. The Kier molecular flexibility index (Phi) is 5.78. The molecule has 1 aliphatic carbocycles. The third-order valence-corrected chi connectivity index (χ3v) is 8.36. The molecule has 7 nitrogen and oxygen atoms in total. The van der Waals surface area contributed by atoms with E-state index in [9.17, 15) is 9.18 Å². The normalized spacial score (nSPS) is 15.6. The molecular weight excluding hydrogens is 467 g/mol. The van der Waals surface area contributed by atoms with Crippen molar-refractivity contribution in [2.75, 3.05) is 11.1 Å². The summed E-state index contributed by atoms with van der Waals surface area (Å²) in [6, 6.07) is 5.55. The van der Waals surface area contributed by atoms with Crippen molar-refractivity contribution in [1.29, 1.82) is 0 Å². The number of aryl methyl sites for hydroxylation is 1. The SMILES string of the molecule is CC1CCc2c(sc3nc(SCc4nnc(C(=O)Nc5ccc(F)cc5)s4)nc(N)c23)C1. The van der Waals surface area contributed by atoms with Crippen molar-refractivity contribution < 1.29 is 9.18 Å². The lowest BCUT2D eigenvalue weighted by Gasteiger charge is -2.17. The molecule has 3 N–H and O–H groups in total. The van der Waals surface area contributed by atoms with E-state index < -0.39 is 0 Å². The molecule has 1 amide bonds. The lowest BCUT2D eigenvalue weighted by atomic mass is 9.89. The quantitative estimate of drug-likeness (QED) is 0.304. The number of amides is 1. The highest BCUT2D eigenvalue weighted by Crippen LogP contribution is 2.40. The van der Waals surface area contributed by atoms with E-state index in [0.29, 0.717) is 33.3 Å². The molecule has 164 valence electrons. The first-order chi connectivity index (χ1) is 15.5. The van der Waals surface area contributed by atoms with Crippen LogP contribution in [0, 0.1) is 11.7 Å². The maximum atomic E-state index is 13.0. The zero-order chi connectivity index (χ0) is 22.2. The van der Waals surface area contributed by atoms with Crippen LogP contribution in [0.1, 0.15) is 38.6 Å². The van der Waals surface area contributed by atoms with E-state index in [1.807, 2.05) is 0 Å². The number of halogens is 1. The van der Waals surface area contributed by atoms with Gasteiger partial charge in [0.05, 0.1) is 11.1 Å². The molecule has 1 aromatic carbocycles. The van der Waals surface area contributed by atoms with Crippen LogP contribution < -0.4 is 11.1 Å². The second kappa shape index (κ2) is 8.72. The number of nitrogens with zero attached hydrogens (tertiary/aromatic N) is 4. The Hall–Kier alpha value is -2.63. The fourth-order valence-corrected chi connectivity index (χ4v) is 6.68. The monoisotopic (exact) mass is 486 g/mol. The number of thiophene rings is 1. The number of carbonyl (C=O) groups is 1. The molecule has 3 heterocycles. The topological polar surface area (TPSA) is 107 Å². The van der Waals surface area contributed by atoms with Gasteiger partial charge in [0.15, 0.2) is 5.16 Å². The van der Waals surface area contributed by atoms with Gasteiger partial charge < -0.3 is 11.1 Å². The molecule has 0 radical (unpaired) electrons. The van der Waals surface area contributed by atoms with Crippen LogP contribution in [0.4, 0.5) is 15.9 Å². The Morgan fingerprint density at radius 3 is 2.88 bits per heavy atom. The van der Waals surface area contributed by atoms with Gasteiger partial charge in [0.25, 0.3) is 5.91 Å². The summed E-state index contributed by atoms with van der Waals surface area (Å²) in [6.45, 7) is 2.28. The van der Waals surface area contributed by atoms with Crippen molar-refractivity contribution >= 4 is 62.1 Å². The van der Waals surface area contributed by atoms with Crippen molar-refractivity contribution in [2.45, 2.75) is 37.1 Å². The Bertz CT molecular complexity index is 1300. The number of carbonyl (C=O) groups excluding carboxylic acids is 1. The molecule has 0 saturated heterocycles. The number of fused-ring (bicyclic) bond motifs is 3. The fraction of sp³-hybridized carbons (Fsp3) is 0.286. The molecule has 1 unspecified atom stereocenters. The summed E-state index contributed by atoms with van der Waals surface area (Å²) < 4.78 is 13.0. The van der Waals surface area contributed by atoms with Crippen LogP contribution in [-0.4, -0.2) is 26.1 Å². The van der Waals surface area contributed by atoms with Gasteiger partial charge in [0, 0.05) is 10.6 Å². The van der Waals surface area contributed by atoms with Crippen LogP contribution in [-0.2, 0) is 18.6 Å².